The van der Waals surface area contributed by atoms with Gasteiger partial charge in [0.1, 0.15) is 19.8 Å². The summed E-state index contributed by atoms with van der Waals surface area (Å²) in [6.45, 7) is 4.50. The van der Waals surface area contributed by atoms with E-state index in [4.69, 9.17) is 18.5 Å². The van der Waals surface area contributed by atoms with E-state index >= 15 is 0 Å². The molecule has 0 rings (SSSR count). The van der Waals surface area contributed by atoms with E-state index in [-0.39, 0.29) is 25.6 Å². The topological polar surface area (TPSA) is 108 Å². The largest absolute Gasteiger partial charge is 0.472 e. The molecule has 9 nitrogen and oxygen atoms in total. The van der Waals surface area contributed by atoms with Crippen molar-refractivity contribution in [3.8, 4) is 0 Å². The summed E-state index contributed by atoms with van der Waals surface area (Å²) < 4.78 is 34.6. The highest BCUT2D eigenvalue weighted by molar-refractivity contribution is 7.47. The summed E-state index contributed by atoms with van der Waals surface area (Å²) in [6, 6.07) is 0. The summed E-state index contributed by atoms with van der Waals surface area (Å²) >= 11 is 0. The number of carbonyl (C=O) groups is 2. The maximum Gasteiger partial charge on any atom is 0.472 e. The fraction of sp³-hybridized carbons (Fsp3) is 0.964. The van der Waals surface area contributed by atoms with Gasteiger partial charge in [-0.25, -0.2) is 4.57 Å². The molecule has 0 saturated heterocycles. The zero-order valence-corrected chi connectivity index (χ0v) is 44.9. The normalized spacial score (nSPS) is 13.3. The number of phosphoric ester groups is 1. The van der Waals surface area contributed by atoms with Crippen molar-refractivity contribution in [3.63, 3.8) is 0 Å². The van der Waals surface area contributed by atoms with Gasteiger partial charge in [-0.15, -0.1) is 0 Å². The minimum absolute atomic E-state index is 0.0374. The number of hydrogen-bond acceptors (Lipinski definition) is 7. The van der Waals surface area contributed by atoms with Crippen molar-refractivity contribution >= 4 is 19.8 Å². The Morgan fingerprint density at radius 3 is 0.985 bits per heavy atom. The lowest BCUT2D eigenvalue weighted by Crippen LogP contribution is -2.37. The standard InChI is InChI=1S/C55H110NO8P/c1-6-8-10-12-14-16-18-20-22-24-26-27-28-30-31-33-35-37-39-41-43-45-47-54(57)61-51-53(52-63-65(59,60)62-50-49-56(3,4)5)64-55(58)48-46-44-42-40-38-36-34-32-29-25-23-21-19-17-15-13-11-9-7-2/h53H,6-52H2,1-5H3/p+1/t53-/m1/s1. The number of ether oxygens (including phenoxy) is 2. The van der Waals surface area contributed by atoms with Crippen molar-refractivity contribution in [1.29, 1.82) is 0 Å². The van der Waals surface area contributed by atoms with Crippen LogP contribution in [-0.4, -0.2) is 74.9 Å². The van der Waals surface area contributed by atoms with E-state index in [2.05, 4.69) is 13.8 Å². The van der Waals surface area contributed by atoms with Crippen LogP contribution in [0.2, 0.25) is 0 Å². The quantitative estimate of drug-likeness (QED) is 0.0278. The molecule has 0 saturated carbocycles. The average molecular weight is 945 g/mol. The van der Waals surface area contributed by atoms with Crippen LogP contribution in [0.4, 0.5) is 0 Å². The lowest BCUT2D eigenvalue weighted by molar-refractivity contribution is -0.870. The summed E-state index contributed by atoms with van der Waals surface area (Å²) in [7, 11) is 1.50. The Balaban J connectivity index is 4.12. The fourth-order valence-electron chi connectivity index (χ4n) is 8.49. The second-order valence-corrected chi connectivity index (χ2v) is 22.1. The number of carbonyl (C=O) groups excluding carboxylic acids is 2. The molecule has 0 aliphatic rings. The van der Waals surface area contributed by atoms with Gasteiger partial charge in [0.25, 0.3) is 0 Å². The summed E-state index contributed by atoms with van der Waals surface area (Å²) in [4.78, 5) is 35.6. The van der Waals surface area contributed by atoms with Crippen LogP contribution in [-0.2, 0) is 32.7 Å². The highest BCUT2D eigenvalue weighted by Gasteiger charge is 2.27. The Hall–Kier alpha value is -0.990. The van der Waals surface area contributed by atoms with Gasteiger partial charge in [0.15, 0.2) is 6.10 Å². The van der Waals surface area contributed by atoms with E-state index in [1.54, 1.807) is 0 Å². The summed E-state index contributed by atoms with van der Waals surface area (Å²) in [5.41, 5.74) is 0. The molecule has 0 aliphatic heterocycles. The van der Waals surface area contributed by atoms with Gasteiger partial charge in [-0.2, -0.15) is 0 Å². The Bertz CT molecular complexity index is 1070. The Kier molecular flexibility index (Phi) is 47.3. The van der Waals surface area contributed by atoms with Gasteiger partial charge >= 0.3 is 19.8 Å². The van der Waals surface area contributed by atoms with Crippen molar-refractivity contribution in [2.24, 2.45) is 0 Å². The van der Waals surface area contributed by atoms with Gasteiger partial charge in [0.05, 0.1) is 27.7 Å². The number of rotatable bonds is 53. The number of hydrogen-bond donors (Lipinski definition) is 1. The second kappa shape index (κ2) is 48.1. The Morgan fingerprint density at radius 2 is 0.692 bits per heavy atom. The molecule has 0 aromatic heterocycles. The molecule has 0 amide bonds. The van der Waals surface area contributed by atoms with Gasteiger partial charge in [0.2, 0.25) is 0 Å². The predicted molar refractivity (Wildman–Crippen MR) is 275 cm³/mol. The van der Waals surface area contributed by atoms with Crippen molar-refractivity contribution < 1.29 is 42.1 Å². The maximum atomic E-state index is 12.8. The van der Waals surface area contributed by atoms with Crippen LogP contribution in [0.1, 0.15) is 290 Å². The Labute approximate surface area is 404 Å². The number of quaternary nitrogens is 1. The van der Waals surface area contributed by atoms with Crippen LogP contribution in [0, 0.1) is 0 Å². The molecule has 0 aromatic rings. The zero-order valence-electron chi connectivity index (χ0n) is 44.0. The number of nitrogens with zero attached hydrogens (tertiary/aromatic N) is 1. The fourth-order valence-corrected chi connectivity index (χ4v) is 9.23. The molecule has 0 aliphatic carbocycles. The molecule has 2 atom stereocenters. The number of phosphoric acid groups is 1. The minimum atomic E-state index is -4.38. The van der Waals surface area contributed by atoms with Crippen LogP contribution in [0.15, 0.2) is 0 Å². The van der Waals surface area contributed by atoms with Crippen LogP contribution in [0.25, 0.3) is 0 Å². The zero-order chi connectivity index (χ0) is 47.8. The molecule has 388 valence electrons. The van der Waals surface area contributed by atoms with Crippen molar-refractivity contribution in [2.45, 2.75) is 296 Å². The SMILES string of the molecule is CCCCCCCCCCCCCCCCCCCCCCCCC(=O)OC[C@H](COP(=O)(O)OCC[N+](C)(C)C)OC(=O)CCCCCCCCCCCCCCCCCCCCC. The first-order chi connectivity index (χ1) is 31.5. The summed E-state index contributed by atoms with van der Waals surface area (Å²) in [5.74, 6) is -0.774. The molecule has 0 radical (unpaired) electrons. The van der Waals surface area contributed by atoms with E-state index in [1.807, 2.05) is 21.1 Å². The second-order valence-electron chi connectivity index (χ2n) is 20.7. The van der Waals surface area contributed by atoms with E-state index < -0.39 is 26.5 Å². The molecule has 1 N–H and O–H groups in total. The first kappa shape index (κ1) is 64.0. The summed E-state index contributed by atoms with van der Waals surface area (Å²) in [5, 5.41) is 0. The predicted octanol–water partition coefficient (Wildman–Crippen LogP) is 17.1. The van der Waals surface area contributed by atoms with Crippen LogP contribution < -0.4 is 0 Å². The van der Waals surface area contributed by atoms with Gasteiger partial charge < -0.3 is 18.9 Å². The molecule has 10 heteroatoms. The third-order valence-electron chi connectivity index (χ3n) is 12.9. The van der Waals surface area contributed by atoms with Gasteiger partial charge in [0, 0.05) is 12.8 Å². The van der Waals surface area contributed by atoms with Crippen LogP contribution in [0.3, 0.4) is 0 Å². The highest BCUT2D eigenvalue weighted by atomic mass is 31.2. The molecular formula is C55H111NO8P+. The lowest BCUT2D eigenvalue weighted by atomic mass is 10.0. The van der Waals surface area contributed by atoms with Gasteiger partial charge in [-0.1, -0.05) is 264 Å². The van der Waals surface area contributed by atoms with E-state index in [1.165, 1.54) is 225 Å². The molecule has 1 unspecified atom stereocenters. The first-order valence-corrected chi connectivity index (χ1v) is 29.8. The lowest BCUT2D eigenvalue weighted by Gasteiger charge is -2.24. The third kappa shape index (κ3) is 52.2. The minimum Gasteiger partial charge on any atom is -0.462 e. The molecule has 0 heterocycles. The molecule has 0 bridgehead atoms. The Morgan fingerprint density at radius 1 is 0.415 bits per heavy atom. The first-order valence-electron chi connectivity index (χ1n) is 28.3. The smallest absolute Gasteiger partial charge is 0.462 e. The molecule has 0 spiro atoms. The maximum absolute atomic E-state index is 12.8. The third-order valence-corrected chi connectivity index (χ3v) is 13.9. The van der Waals surface area contributed by atoms with Crippen molar-refractivity contribution in [2.75, 3.05) is 47.5 Å². The van der Waals surface area contributed by atoms with E-state index in [0.717, 1.165) is 38.5 Å². The van der Waals surface area contributed by atoms with Crippen LogP contribution in [0.5, 0.6) is 0 Å². The average Bonchev–Trinajstić information content (AvgIpc) is 3.26. The van der Waals surface area contributed by atoms with Crippen molar-refractivity contribution in [3.05, 3.63) is 0 Å². The molecule has 65 heavy (non-hydrogen) atoms. The monoisotopic (exact) mass is 945 g/mol. The highest BCUT2D eigenvalue weighted by Crippen LogP contribution is 2.43. The summed E-state index contributed by atoms with van der Waals surface area (Å²) in [6.07, 6.45) is 53.0. The molecule has 0 aromatic carbocycles. The molecular weight excluding hydrogens is 834 g/mol. The van der Waals surface area contributed by atoms with Gasteiger partial charge in [-0.3, -0.25) is 18.6 Å². The number of esters is 2. The van der Waals surface area contributed by atoms with Gasteiger partial charge in [-0.05, 0) is 12.8 Å². The van der Waals surface area contributed by atoms with E-state index in [0.29, 0.717) is 17.4 Å². The van der Waals surface area contributed by atoms with Crippen molar-refractivity contribution in [1.82, 2.24) is 0 Å². The molecule has 0 fully saturated rings. The number of likely N-dealkylation sites (N-methyl/N-ethyl adjacent to an activating group) is 1. The van der Waals surface area contributed by atoms with Crippen LogP contribution >= 0.6 is 7.82 Å². The number of unbranched alkanes of at least 4 members (excludes halogenated alkanes) is 39. The van der Waals surface area contributed by atoms with E-state index in [9.17, 15) is 19.0 Å².